The monoisotopic (exact) mass is 575 g/mol. The van der Waals surface area contributed by atoms with E-state index in [0.29, 0.717) is 33.7 Å². The van der Waals surface area contributed by atoms with Crippen LogP contribution in [0.3, 0.4) is 0 Å². The van der Waals surface area contributed by atoms with Crippen molar-refractivity contribution in [3.8, 4) is 23.0 Å². The minimum absolute atomic E-state index is 0.00773. The van der Waals surface area contributed by atoms with Crippen molar-refractivity contribution in [2.75, 3.05) is 13.1 Å². The number of amides is 1. The van der Waals surface area contributed by atoms with Gasteiger partial charge in [-0.25, -0.2) is 13.8 Å². The van der Waals surface area contributed by atoms with Gasteiger partial charge in [0.05, 0.1) is 34.2 Å². The van der Waals surface area contributed by atoms with Crippen LogP contribution in [0.25, 0.3) is 21.3 Å². The third-order valence-electron chi connectivity index (χ3n) is 6.68. The van der Waals surface area contributed by atoms with Crippen LogP contribution in [-0.4, -0.2) is 49.8 Å². The lowest BCUT2D eigenvalue weighted by Gasteiger charge is -2.42. The van der Waals surface area contributed by atoms with E-state index in [9.17, 15) is 23.5 Å². The fourth-order valence-corrected chi connectivity index (χ4v) is 6.15. The van der Waals surface area contributed by atoms with Gasteiger partial charge in [-0.15, -0.1) is 11.3 Å². The highest BCUT2D eigenvalue weighted by Crippen LogP contribution is 2.38. The normalized spacial score (nSPS) is 18.4. The second kappa shape index (κ2) is 9.36. The standard InChI is InChI=1S/C26H24BrF2N3O3S/c1-25(29)13-32(14-25)20(33)12-31-15-30-23-22(24(31)34)21(16-5-6-18(28)17(27)11-16)19(36-23)7-10-26(35)8-3-2-4-9-26/h5-6,11,15,35H,2-4,8-9,12-14H2,1H3. The molecule has 6 nitrogen and oxygen atoms in total. The van der Waals surface area contributed by atoms with E-state index < -0.39 is 22.6 Å². The largest absolute Gasteiger partial charge is 0.378 e. The quantitative estimate of drug-likeness (QED) is 0.461. The lowest BCUT2D eigenvalue weighted by atomic mass is 9.85. The van der Waals surface area contributed by atoms with Crippen LogP contribution in [0.15, 0.2) is 33.8 Å². The van der Waals surface area contributed by atoms with E-state index in [0.717, 1.165) is 19.3 Å². The van der Waals surface area contributed by atoms with E-state index in [1.165, 1.54) is 40.1 Å². The van der Waals surface area contributed by atoms with Crippen molar-refractivity contribution >= 4 is 43.4 Å². The van der Waals surface area contributed by atoms with Gasteiger partial charge < -0.3 is 10.0 Å². The smallest absolute Gasteiger partial charge is 0.263 e. The molecule has 1 amide bonds. The molecular weight excluding hydrogens is 552 g/mol. The van der Waals surface area contributed by atoms with Crippen LogP contribution in [0.1, 0.15) is 43.9 Å². The molecule has 1 aromatic carbocycles. The maximum atomic E-state index is 14.0. The fraction of sp³-hybridized carbons (Fsp3) is 0.423. The first kappa shape index (κ1) is 25.1. The number of hydrogen-bond donors (Lipinski definition) is 1. The first-order valence-electron chi connectivity index (χ1n) is 11.7. The maximum absolute atomic E-state index is 14.0. The summed E-state index contributed by atoms with van der Waals surface area (Å²) in [5.74, 6) is 5.28. The second-order valence-corrected chi connectivity index (χ2v) is 11.7. The highest BCUT2D eigenvalue weighted by atomic mass is 79.9. The predicted octanol–water partition coefficient (Wildman–Crippen LogP) is 4.64. The van der Waals surface area contributed by atoms with E-state index >= 15 is 0 Å². The summed E-state index contributed by atoms with van der Waals surface area (Å²) in [5.41, 5.74) is -1.88. The summed E-state index contributed by atoms with van der Waals surface area (Å²) in [6.07, 6.45) is 5.34. The summed E-state index contributed by atoms with van der Waals surface area (Å²) in [6, 6.07) is 4.43. The van der Waals surface area contributed by atoms with Crippen LogP contribution in [0.2, 0.25) is 0 Å². The zero-order chi connectivity index (χ0) is 25.7. The summed E-state index contributed by atoms with van der Waals surface area (Å²) in [4.78, 5) is 32.9. The van der Waals surface area contributed by atoms with E-state index in [1.54, 1.807) is 12.1 Å². The average Bonchev–Trinajstić information content (AvgIpc) is 3.19. The van der Waals surface area contributed by atoms with Gasteiger partial charge in [0.15, 0.2) is 0 Å². The van der Waals surface area contributed by atoms with E-state index in [2.05, 4.69) is 32.8 Å². The van der Waals surface area contributed by atoms with Gasteiger partial charge in [0.25, 0.3) is 5.56 Å². The molecule has 5 rings (SSSR count). The van der Waals surface area contributed by atoms with Crippen molar-refractivity contribution in [3.63, 3.8) is 0 Å². The van der Waals surface area contributed by atoms with Crippen LogP contribution >= 0.6 is 27.3 Å². The molecule has 3 heterocycles. The summed E-state index contributed by atoms with van der Waals surface area (Å²) < 4.78 is 29.3. The lowest BCUT2D eigenvalue weighted by Crippen LogP contribution is -2.60. The van der Waals surface area contributed by atoms with Gasteiger partial charge >= 0.3 is 0 Å². The summed E-state index contributed by atoms with van der Waals surface area (Å²) in [5, 5.41) is 11.2. The first-order chi connectivity index (χ1) is 17.1. The third-order valence-corrected chi connectivity index (χ3v) is 8.30. The second-order valence-electron chi connectivity index (χ2n) is 9.80. The van der Waals surface area contributed by atoms with Gasteiger partial charge in [0.1, 0.15) is 28.5 Å². The molecule has 0 unspecified atom stereocenters. The molecule has 0 atom stereocenters. The molecule has 10 heteroatoms. The molecule has 1 aliphatic heterocycles. The van der Waals surface area contributed by atoms with Gasteiger partial charge in [-0.05, 0) is 66.2 Å². The number of aromatic nitrogens is 2. The number of aliphatic hydroxyl groups is 1. The molecule has 0 radical (unpaired) electrons. The van der Waals surface area contributed by atoms with E-state index in [1.807, 2.05) is 0 Å². The Morgan fingerprint density at radius 2 is 2.00 bits per heavy atom. The molecule has 1 N–H and O–H groups in total. The van der Waals surface area contributed by atoms with Crippen LogP contribution in [0.5, 0.6) is 0 Å². The number of fused-ring (bicyclic) bond motifs is 1. The first-order valence-corrected chi connectivity index (χ1v) is 13.4. The molecule has 1 saturated carbocycles. The Morgan fingerprint density at radius 3 is 2.67 bits per heavy atom. The molecule has 36 heavy (non-hydrogen) atoms. The zero-order valence-corrected chi connectivity index (χ0v) is 22.0. The molecule has 1 aliphatic carbocycles. The Labute approximate surface area is 219 Å². The topological polar surface area (TPSA) is 75.4 Å². The van der Waals surface area contributed by atoms with Gasteiger partial charge in [-0.1, -0.05) is 24.3 Å². The van der Waals surface area contributed by atoms with Crippen LogP contribution in [0.4, 0.5) is 8.78 Å². The molecule has 0 spiro atoms. The fourth-order valence-electron chi connectivity index (χ4n) is 4.76. The van der Waals surface area contributed by atoms with Gasteiger partial charge in [0, 0.05) is 5.56 Å². The molecular formula is C26H24BrF2N3O3S. The highest BCUT2D eigenvalue weighted by molar-refractivity contribution is 9.10. The number of hydrogen-bond acceptors (Lipinski definition) is 5. The molecule has 3 aromatic rings. The molecule has 1 saturated heterocycles. The minimum atomic E-state index is -1.41. The van der Waals surface area contributed by atoms with Gasteiger partial charge in [-0.2, -0.15) is 0 Å². The highest BCUT2D eigenvalue weighted by Gasteiger charge is 2.41. The maximum Gasteiger partial charge on any atom is 0.263 e. The van der Waals surface area contributed by atoms with Crippen molar-refractivity contribution < 1.29 is 18.7 Å². The van der Waals surface area contributed by atoms with Crippen LogP contribution in [-0.2, 0) is 11.3 Å². The summed E-state index contributed by atoms with van der Waals surface area (Å²) in [6.45, 7) is 1.15. The Hall–Kier alpha value is -2.61. The number of alkyl halides is 1. The Bertz CT molecular complexity index is 1470. The summed E-state index contributed by atoms with van der Waals surface area (Å²) >= 11 is 4.42. The van der Waals surface area contributed by atoms with E-state index in [-0.39, 0.29) is 35.4 Å². The Kier molecular flexibility index (Phi) is 6.52. The SMILES string of the molecule is CC1(F)CN(C(=O)Cn2cnc3sc(C#CC4(O)CCCCC4)c(-c4ccc(F)c(Br)c4)c3c2=O)C1. The van der Waals surface area contributed by atoms with E-state index in [4.69, 9.17) is 0 Å². The molecule has 2 fully saturated rings. The number of carbonyl (C=O) groups excluding carboxylic acids is 1. The van der Waals surface area contributed by atoms with Crippen LogP contribution in [0, 0.1) is 17.7 Å². The number of likely N-dealkylation sites (tertiary alicyclic amines) is 1. The summed E-state index contributed by atoms with van der Waals surface area (Å²) in [7, 11) is 0. The van der Waals surface area contributed by atoms with Gasteiger partial charge in [-0.3, -0.25) is 14.2 Å². The van der Waals surface area contributed by atoms with Gasteiger partial charge in [0.2, 0.25) is 5.91 Å². The number of carbonyl (C=O) groups is 1. The van der Waals surface area contributed by atoms with Crippen molar-refractivity contribution in [2.24, 2.45) is 0 Å². The van der Waals surface area contributed by atoms with Crippen molar-refractivity contribution in [1.82, 2.24) is 14.5 Å². The number of rotatable bonds is 3. The predicted molar refractivity (Wildman–Crippen MR) is 138 cm³/mol. The van der Waals surface area contributed by atoms with Crippen molar-refractivity contribution in [1.29, 1.82) is 0 Å². The minimum Gasteiger partial charge on any atom is -0.378 e. The van der Waals surface area contributed by atoms with Crippen molar-refractivity contribution in [2.45, 2.75) is 56.8 Å². The number of halogens is 3. The van der Waals surface area contributed by atoms with Crippen molar-refractivity contribution in [3.05, 3.63) is 50.0 Å². The third kappa shape index (κ3) is 4.84. The number of thiophene rings is 1. The number of nitrogens with zero attached hydrogens (tertiary/aromatic N) is 3. The Balaban J connectivity index is 1.60. The molecule has 188 valence electrons. The van der Waals surface area contributed by atoms with Crippen LogP contribution < -0.4 is 5.56 Å². The zero-order valence-electron chi connectivity index (χ0n) is 19.6. The molecule has 2 aliphatic rings. The molecule has 0 bridgehead atoms. The lowest BCUT2D eigenvalue weighted by molar-refractivity contribution is -0.144. The average molecular weight is 576 g/mol. The number of benzene rings is 1. The Morgan fingerprint density at radius 1 is 1.28 bits per heavy atom. The molecule has 2 aromatic heterocycles.